The molecule has 1 aromatic rings. The van der Waals surface area contributed by atoms with Crippen LogP contribution in [0.25, 0.3) is 0 Å². The maximum atomic E-state index is 13.0. The summed E-state index contributed by atoms with van der Waals surface area (Å²) >= 11 is 6.03. The lowest BCUT2D eigenvalue weighted by Crippen LogP contribution is -2.42. The van der Waals surface area contributed by atoms with Crippen LogP contribution in [-0.4, -0.2) is 51.3 Å². The van der Waals surface area contributed by atoms with Gasteiger partial charge in [-0.25, -0.2) is 4.39 Å². The minimum absolute atomic E-state index is 0. The number of guanidine groups is 1. The first-order valence-electron chi connectivity index (χ1n) is 7.53. The van der Waals surface area contributed by atoms with E-state index < -0.39 is 0 Å². The van der Waals surface area contributed by atoms with Crippen LogP contribution >= 0.6 is 35.6 Å². The highest BCUT2D eigenvalue weighted by Gasteiger charge is 2.18. The zero-order chi connectivity index (χ0) is 15.9. The molecule has 1 saturated heterocycles. The van der Waals surface area contributed by atoms with Crippen LogP contribution in [0.2, 0.25) is 5.02 Å². The fourth-order valence-electron chi connectivity index (χ4n) is 2.62. The van der Waals surface area contributed by atoms with Crippen molar-refractivity contribution in [3.63, 3.8) is 0 Å². The van der Waals surface area contributed by atoms with Gasteiger partial charge in [0.25, 0.3) is 0 Å². The SMILES string of the molecule is CN=C(NCCc1ccc(F)cc1Cl)N(C)CC1CCOC1.I. The Hall–Kier alpha value is -0.600. The Bertz CT molecular complexity index is 524. The van der Waals surface area contributed by atoms with Crippen molar-refractivity contribution in [1.29, 1.82) is 0 Å². The minimum atomic E-state index is -0.309. The molecule has 0 aromatic heterocycles. The zero-order valence-corrected chi connectivity index (χ0v) is 16.6. The zero-order valence-electron chi connectivity index (χ0n) is 13.5. The number of halogens is 3. The van der Waals surface area contributed by atoms with Crippen molar-refractivity contribution in [3.05, 3.63) is 34.6 Å². The molecule has 23 heavy (non-hydrogen) atoms. The molecule has 1 heterocycles. The molecule has 4 nitrogen and oxygen atoms in total. The molecule has 1 aliphatic heterocycles. The molecule has 0 spiro atoms. The van der Waals surface area contributed by atoms with E-state index in [4.69, 9.17) is 16.3 Å². The lowest BCUT2D eigenvalue weighted by atomic mass is 10.1. The van der Waals surface area contributed by atoms with Gasteiger partial charge in [0.2, 0.25) is 0 Å². The molecule has 1 N–H and O–H groups in total. The highest BCUT2D eigenvalue weighted by atomic mass is 127. The number of nitrogens with one attached hydrogen (secondary N) is 1. The van der Waals surface area contributed by atoms with Crippen molar-refractivity contribution in [1.82, 2.24) is 10.2 Å². The van der Waals surface area contributed by atoms with Crippen molar-refractivity contribution in [2.75, 3.05) is 40.4 Å². The number of benzene rings is 1. The minimum Gasteiger partial charge on any atom is -0.381 e. The van der Waals surface area contributed by atoms with E-state index >= 15 is 0 Å². The molecule has 0 amide bonds. The van der Waals surface area contributed by atoms with E-state index in [0.717, 1.165) is 44.1 Å². The number of rotatable bonds is 5. The number of hydrogen-bond acceptors (Lipinski definition) is 2. The second-order valence-corrected chi connectivity index (χ2v) is 5.98. The summed E-state index contributed by atoms with van der Waals surface area (Å²) in [7, 11) is 3.80. The molecule has 1 aromatic carbocycles. The highest BCUT2D eigenvalue weighted by molar-refractivity contribution is 14.0. The van der Waals surface area contributed by atoms with Crippen molar-refractivity contribution in [2.45, 2.75) is 12.8 Å². The molecule has 130 valence electrons. The molecule has 0 radical (unpaired) electrons. The summed E-state index contributed by atoms with van der Waals surface area (Å²) in [4.78, 5) is 6.41. The molecule has 0 aliphatic carbocycles. The highest BCUT2D eigenvalue weighted by Crippen LogP contribution is 2.17. The van der Waals surface area contributed by atoms with E-state index in [1.54, 1.807) is 13.1 Å². The van der Waals surface area contributed by atoms with Gasteiger partial charge in [-0.2, -0.15) is 0 Å². The van der Waals surface area contributed by atoms with Crippen LogP contribution < -0.4 is 5.32 Å². The third-order valence-electron chi connectivity index (χ3n) is 3.82. The Balaban J connectivity index is 0.00000264. The van der Waals surface area contributed by atoms with Gasteiger partial charge in [-0.3, -0.25) is 4.99 Å². The molecule has 1 atom stereocenters. The standard InChI is InChI=1S/C16H23ClFN3O.HI/c1-19-16(21(2)10-12-6-8-22-11-12)20-7-5-13-3-4-14(18)9-15(13)17;/h3-4,9,12H,5-8,10-11H2,1-2H3,(H,19,20);1H. The van der Waals surface area contributed by atoms with Crippen molar-refractivity contribution in [2.24, 2.45) is 10.9 Å². The second kappa shape index (κ2) is 10.3. The molecule has 7 heteroatoms. The second-order valence-electron chi connectivity index (χ2n) is 5.57. The summed E-state index contributed by atoms with van der Waals surface area (Å²) in [6, 6.07) is 4.50. The van der Waals surface area contributed by atoms with E-state index in [9.17, 15) is 4.39 Å². The van der Waals surface area contributed by atoms with Crippen LogP contribution in [0, 0.1) is 11.7 Å². The van der Waals surface area contributed by atoms with Gasteiger partial charge in [0.1, 0.15) is 5.82 Å². The van der Waals surface area contributed by atoms with Gasteiger partial charge in [-0.1, -0.05) is 17.7 Å². The maximum absolute atomic E-state index is 13.0. The first kappa shape index (κ1) is 20.4. The Kier molecular flexibility index (Phi) is 9.16. The number of ether oxygens (including phenoxy) is 1. The van der Waals surface area contributed by atoms with Gasteiger partial charge in [-0.15, -0.1) is 24.0 Å². The van der Waals surface area contributed by atoms with Gasteiger partial charge in [0.05, 0.1) is 6.61 Å². The predicted molar refractivity (Wildman–Crippen MR) is 103 cm³/mol. The van der Waals surface area contributed by atoms with E-state index in [0.29, 0.717) is 17.5 Å². The van der Waals surface area contributed by atoms with E-state index in [1.807, 2.05) is 7.05 Å². The number of nitrogens with zero attached hydrogens (tertiary/aromatic N) is 2. The smallest absolute Gasteiger partial charge is 0.193 e. The van der Waals surface area contributed by atoms with Crippen LogP contribution in [-0.2, 0) is 11.2 Å². The van der Waals surface area contributed by atoms with Crippen LogP contribution in [0.4, 0.5) is 4.39 Å². The number of hydrogen-bond donors (Lipinski definition) is 1. The molecule has 1 aliphatic rings. The van der Waals surface area contributed by atoms with Gasteiger partial charge in [0.15, 0.2) is 5.96 Å². The summed E-state index contributed by atoms with van der Waals surface area (Å²) in [5.74, 6) is 1.11. The summed E-state index contributed by atoms with van der Waals surface area (Å²) in [6.45, 7) is 3.31. The number of aliphatic imine (C=N–C) groups is 1. The summed E-state index contributed by atoms with van der Waals surface area (Å²) in [5.41, 5.74) is 0.929. The van der Waals surface area contributed by atoms with Crippen molar-refractivity contribution in [3.8, 4) is 0 Å². The van der Waals surface area contributed by atoms with Crippen LogP contribution in [0.5, 0.6) is 0 Å². The Morgan fingerprint density at radius 2 is 2.30 bits per heavy atom. The molecule has 1 unspecified atom stereocenters. The first-order chi connectivity index (χ1) is 10.6. The summed E-state index contributed by atoms with van der Waals surface area (Å²) in [6.07, 6.45) is 1.82. The van der Waals surface area contributed by atoms with Crippen LogP contribution in [0.3, 0.4) is 0 Å². The van der Waals surface area contributed by atoms with Crippen LogP contribution in [0.15, 0.2) is 23.2 Å². The van der Waals surface area contributed by atoms with Gasteiger partial charge in [0, 0.05) is 44.7 Å². The van der Waals surface area contributed by atoms with Gasteiger partial charge >= 0.3 is 0 Å². The predicted octanol–water partition coefficient (Wildman–Crippen LogP) is 3.18. The first-order valence-corrected chi connectivity index (χ1v) is 7.91. The molecular formula is C16H24ClFIN3O. The molecule has 1 fully saturated rings. The third kappa shape index (κ3) is 6.43. The average Bonchev–Trinajstić information content (AvgIpc) is 2.98. The molecular weight excluding hydrogens is 432 g/mol. The Morgan fingerprint density at radius 1 is 1.52 bits per heavy atom. The summed E-state index contributed by atoms with van der Waals surface area (Å²) < 4.78 is 18.4. The fourth-order valence-corrected chi connectivity index (χ4v) is 2.88. The lowest BCUT2D eigenvalue weighted by molar-refractivity contribution is 0.181. The monoisotopic (exact) mass is 455 g/mol. The third-order valence-corrected chi connectivity index (χ3v) is 4.17. The largest absolute Gasteiger partial charge is 0.381 e. The van der Waals surface area contributed by atoms with E-state index in [1.165, 1.54) is 12.1 Å². The van der Waals surface area contributed by atoms with E-state index in [2.05, 4.69) is 15.2 Å². The quantitative estimate of drug-likeness (QED) is 0.421. The Labute approximate surface area is 159 Å². The maximum Gasteiger partial charge on any atom is 0.193 e. The van der Waals surface area contributed by atoms with Crippen molar-refractivity contribution < 1.29 is 9.13 Å². The topological polar surface area (TPSA) is 36.9 Å². The fraction of sp³-hybridized carbons (Fsp3) is 0.562. The normalized spacial score (nSPS) is 17.7. The molecule has 0 bridgehead atoms. The Morgan fingerprint density at radius 3 is 2.91 bits per heavy atom. The average molecular weight is 456 g/mol. The van der Waals surface area contributed by atoms with Gasteiger partial charge in [-0.05, 0) is 30.5 Å². The summed E-state index contributed by atoms with van der Waals surface area (Å²) in [5, 5.41) is 3.78. The molecule has 0 saturated carbocycles. The lowest BCUT2D eigenvalue weighted by Gasteiger charge is -2.24. The van der Waals surface area contributed by atoms with Crippen molar-refractivity contribution >= 4 is 41.5 Å². The van der Waals surface area contributed by atoms with Gasteiger partial charge < -0.3 is 15.0 Å². The van der Waals surface area contributed by atoms with Crippen LogP contribution in [0.1, 0.15) is 12.0 Å². The molecule has 2 rings (SSSR count). The van der Waals surface area contributed by atoms with E-state index in [-0.39, 0.29) is 29.8 Å².